The number of aromatic nitrogens is 2. The molecule has 0 saturated heterocycles. The Balaban J connectivity index is 2.81. The summed E-state index contributed by atoms with van der Waals surface area (Å²) in [5.74, 6) is -0.845. The van der Waals surface area contributed by atoms with Crippen molar-refractivity contribution in [2.45, 2.75) is 12.1 Å². The van der Waals surface area contributed by atoms with Gasteiger partial charge < -0.3 is 0 Å². The average Bonchev–Trinajstić information content (AvgIpc) is 2.35. The number of nitrogens with zero attached hydrogens (tertiary/aromatic N) is 2. The van der Waals surface area contributed by atoms with Gasteiger partial charge in [0, 0.05) is 11.6 Å². The van der Waals surface area contributed by atoms with E-state index in [-0.39, 0.29) is 25.9 Å². The van der Waals surface area contributed by atoms with Gasteiger partial charge in [-0.1, -0.05) is 18.5 Å². The van der Waals surface area contributed by atoms with Gasteiger partial charge in [-0.25, -0.2) is 22.8 Å². The third kappa shape index (κ3) is 2.22. The molecule has 0 radical (unpaired) electrons. The first kappa shape index (κ1) is 13.6. The van der Waals surface area contributed by atoms with Gasteiger partial charge in [0.2, 0.25) is 15.0 Å². The number of rotatable bonds is 2. The summed E-state index contributed by atoms with van der Waals surface area (Å²) in [5, 5.41) is 0.135. The SMILES string of the molecule is CCS(=O)(=O)c1ncc2cc(Cl)c(Br)c(F)c2n1. The van der Waals surface area contributed by atoms with Crippen LogP contribution in [0.15, 0.2) is 21.9 Å². The van der Waals surface area contributed by atoms with Crippen molar-refractivity contribution in [3.8, 4) is 0 Å². The van der Waals surface area contributed by atoms with Gasteiger partial charge in [-0.3, -0.25) is 0 Å². The molecule has 0 N–H and O–H groups in total. The predicted octanol–water partition coefficient (Wildman–Crippen LogP) is 2.98. The zero-order chi connectivity index (χ0) is 13.5. The van der Waals surface area contributed by atoms with Crippen molar-refractivity contribution in [2.75, 3.05) is 5.75 Å². The van der Waals surface area contributed by atoms with Crippen LogP contribution in [-0.2, 0) is 9.84 Å². The molecule has 2 rings (SSSR count). The number of hydrogen-bond donors (Lipinski definition) is 0. The third-order valence-electron chi connectivity index (χ3n) is 2.35. The number of hydrogen-bond acceptors (Lipinski definition) is 4. The van der Waals surface area contributed by atoms with Crippen LogP contribution in [0, 0.1) is 5.82 Å². The summed E-state index contributed by atoms with van der Waals surface area (Å²) in [6, 6.07) is 1.46. The first-order chi connectivity index (χ1) is 8.36. The normalized spacial score (nSPS) is 12.0. The van der Waals surface area contributed by atoms with Crippen LogP contribution in [0.1, 0.15) is 6.92 Å². The summed E-state index contributed by atoms with van der Waals surface area (Å²) in [6.45, 7) is 1.47. The van der Waals surface area contributed by atoms with Crippen LogP contribution in [0.3, 0.4) is 0 Å². The van der Waals surface area contributed by atoms with E-state index in [2.05, 4.69) is 25.9 Å². The lowest BCUT2D eigenvalue weighted by Gasteiger charge is -2.05. The topological polar surface area (TPSA) is 59.9 Å². The number of halogens is 3. The predicted molar refractivity (Wildman–Crippen MR) is 69.9 cm³/mol. The molecule has 1 aromatic carbocycles. The Morgan fingerprint density at radius 1 is 1.50 bits per heavy atom. The Morgan fingerprint density at radius 2 is 2.17 bits per heavy atom. The largest absolute Gasteiger partial charge is 0.247 e. The van der Waals surface area contributed by atoms with Gasteiger partial charge in [0.05, 0.1) is 15.2 Å². The Morgan fingerprint density at radius 3 is 2.78 bits per heavy atom. The van der Waals surface area contributed by atoms with Crippen LogP contribution in [0.25, 0.3) is 10.9 Å². The first-order valence-corrected chi connectivity index (χ1v) is 7.72. The Kier molecular flexibility index (Phi) is 3.57. The van der Waals surface area contributed by atoms with E-state index in [0.717, 1.165) is 0 Å². The standard InChI is InChI=1S/C10H7BrClFN2O2S/c1-2-18(16,17)10-14-4-5-3-6(12)7(11)8(13)9(5)15-10/h3-4H,2H2,1H3. The Labute approximate surface area is 116 Å². The molecule has 0 aliphatic rings. The van der Waals surface area contributed by atoms with E-state index in [9.17, 15) is 12.8 Å². The zero-order valence-corrected chi connectivity index (χ0v) is 12.3. The van der Waals surface area contributed by atoms with Crippen molar-refractivity contribution in [1.29, 1.82) is 0 Å². The van der Waals surface area contributed by atoms with Crippen molar-refractivity contribution in [2.24, 2.45) is 0 Å². The fourth-order valence-corrected chi connectivity index (χ4v) is 2.55. The zero-order valence-electron chi connectivity index (χ0n) is 9.11. The van der Waals surface area contributed by atoms with E-state index in [0.29, 0.717) is 5.39 Å². The summed E-state index contributed by atoms with van der Waals surface area (Å²) in [4.78, 5) is 7.48. The maximum atomic E-state index is 13.9. The molecule has 0 atom stereocenters. The van der Waals surface area contributed by atoms with Gasteiger partial charge in [-0.15, -0.1) is 0 Å². The van der Waals surface area contributed by atoms with E-state index in [4.69, 9.17) is 11.6 Å². The molecular formula is C10H7BrClFN2O2S. The van der Waals surface area contributed by atoms with Crippen molar-refractivity contribution < 1.29 is 12.8 Å². The van der Waals surface area contributed by atoms with Gasteiger partial charge in [-0.05, 0) is 22.0 Å². The van der Waals surface area contributed by atoms with Gasteiger partial charge in [0.25, 0.3) is 0 Å². The second-order valence-corrected chi connectivity index (χ2v) is 6.85. The summed E-state index contributed by atoms with van der Waals surface area (Å²) >= 11 is 8.76. The lowest BCUT2D eigenvalue weighted by Crippen LogP contribution is -2.09. The average molecular weight is 354 g/mol. The molecule has 0 spiro atoms. The lowest BCUT2D eigenvalue weighted by atomic mass is 10.2. The fraction of sp³-hybridized carbons (Fsp3) is 0.200. The molecule has 8 heteroatoms. The van der Waals surface area contributed by atoms with Gasteiger partial charge in [0.1, 0.15) is 5.52 Å². The summed E-state index contributed by atoms with van der Waals surface area (Å²) in [7, 11) is -3.57. The molecule has 4 nitrogen and oxygen atoms in total. The number of sulfone groups is 1. The molecule has 1 heterocycles. The minimum Gasteiger partial charge on any atom is -0.226 e. The molecule has 0 unspecified atom stereocenters. The van der Waals surface area contributed by atoms with E-state index in [1.165, 1.54) is 19.2 Å². The second-order valence-electron chi connectivity index (χ2n) is 3.48. The highest BCUT2D eigenvalue weighted by molar-refractivity contribution is 9.10. The van der Waals surface area contributed by atoms with Crippen molar-refractivity contribution in [1.82, 2.24) is 9.97 Å². The second kappa shape index (κ2) is 4.71. The van der Waals surface area contributed by atoms with Crippen LogP contribution in [0.2, 0.25) is 5.02 Å². The van der Waals surface area contributed by atoms with Crippen LogP contribution >= 0.6 is 27.5 Å². The van der Waals surface area contributed by atoms with Gasteiger partial charge >= 0.3 is 0 Å². The maximum absolute atomic E-state index is 13.9. The number of fused-ring (bicyclic) bond motifs is 1. The van der Waals surface area contributed by atoms with E-state index < -0.39 is 15.7 Å². The summed E-state index contributed by atoms with van der Waals surface area (Å²) in [6.07, 6.45) is 1.24. The van der Waals surface area contributed by atoms with Crippen LogP contribution in [-0.4, -0.2) is 24.1 Å². The quantitative estimate of drug-likeness (QED) is 0.615. The number of benzene rings is 1. The van der Waals surface area contributed by atoms with E-state index in [1.54, 1.807) is 0 Å². The summed E-state index contributed by atoms with van der Waals surface area (Å²) < 4.78 is 37.2. The molecule has 0 saturated carbocycles. The van der Waals surface area contributed by atoms with Crippen molar-refractivity contribution in [3.63, 3.8) is 0 Å². The Hall–Kier alpha value is -0.790. The molecule has 0 aliphatic heterocycles. The summed E-state index contributed by atoms with van der Waals surface area (Å²) in [5.41, 5.74) is -0.0756. The van der Waals surface area contributed by atoms with E-state index >= 15 is 0 Å². The molecule has 0 fully saturated rings. The van der Waals surface area contributed by atoms with Gasteiger partial charge in [-0.2, -0.15) is 0 Å². The molecule has 0 bridgehead atoms. The molecule has 2 aromatic rings. The molecule has 0 aliphatic carbocycles. The van der Waals surface area contributed by atoms with Crippen LogP contribution in [0.5, 0.6) is 0 Å². The van der Waals surface area contributed by atoms with Crippen LogP contribution < -0.4 is 0 Å². The van der Waals surface area contributed by atoms with Crippen molar-refractivity contribution >= 4 is 48.3 Å². The molecule has 18 heavy (non-hydrogen) atoms. The highest BCUT2D eigenvalue weighted by Gasteiger charge is 2.18. The van der Waals surface area contributed by atoms with Crippen LogP contribution in [0.4, 0.5) is 4.39 Å². The first-order valence-electron chi connectivity index (χ1n) is 4.90. The molecule has 0 amide bonds. The smallest absolute Gasteiger partial charge is 0.226 e. The minimum atomic E-state index is -3.57. The van der Waals surface area contributed by atoms with Gasteiger partial charge in [0.15, 0.2) is 5.82 Å². The molecule has 96 valence electrons. The van der Waals surface area contributed by atoms with Crippen molar-refractivity contribution in [3.05, 3.63) is 27.6 Å². The lowest BCUT2D eigenvalue weighted by molar-refractivity contribution is 0.588. The highest BCUT2D eigenvalue weighted by Crippen LogP contribution is 2.31. The monoisotopic (exact) mass is 352 g/mol. The molecular weight excluding hydrogens is 347 g/mol. The van der Waals surface area contributed by atoms with E-state index in [1.807, 2.05) is 0 Å². The minimum absolute atomic E-state index is 0.0511. The Bertz CT molecular complexity index is 736. The maximum Gasteiger partial charge on any atom is 0.247 e. The highest BCUT2D eigenvalue weighted by atomic mass is 79.9. The molecule has 1 aromatic heterocycles. The third-order valence-corrected chi connectivity index (χ3v) is 5.16. The fourth-order valence-electron chi connectivity index (χ4n) is 1.34.